The molecule has 1 fully saturated rings. The summed E-state index contributed by atoms with van der Waals surface area (Å²) in [5.41, 5.74) is 0. The zero-order valence-electron chi connectivity index (χ0n) is 10.8. The maximum absolute atomic E-state index is 12.3. The minimum absolute atomic E-state index is 0.181. The van der Waals surface area contributed by atoms with Crippen molar-refractivity contribution in [1.82, 2.24) is 10.2 Å². The van der Waals surface area contributed by atoms with Gasteiger partial charge in [0.05, 0.1) is 5.92 Å². The maximum Gasteiger partial charge on any atom is 0.227 e. The second kappa shape index (κ2) is 6.50. The van der Waals surface area contributed by atoms with E-state index in [0.717, 1.165) is 25.3 Å². The Balaban J connectivity index is 2.57. The molecule has 16 heavy (non-hydrogen) atoms. The molecule has 1 N–H and O–H groups in total. The zero-order valence-corrected chi connectivity index (χ0v) is 11.6. The van der Waals surface area contributed by atoms with E-state index in [1.165, 1.54) is 0 Å². The third kappa shape index (κ3) is 3.14. The van der Waals surface area contributed by atoms with Gasteiger partial charge in [-0.05, 0) is 25.1 Å². The smallest absolute Gasteiger partial charge is 0.227 e. The van der Waals surface area contributed by atoms with E-state index in [-0.39, 0.29) is 5.92 Å². The number of nitrogens with one attached hydrogen (secondary N) is 1. The first-order chi connectivity index (χ1) is 7.61. The Labute approximate surface area is 103 Å². The van der Waals surface area contributed by atoms with Crippen LogP contribution in [-0.4, -0.2) is 49.0 Å². The molecule has 1 aliphatic rings. The van der Waals surface area contributed by atoms with Crippen LogP contribution in [-0.2, 0) is 4.79 Å². The summed E-state index contributed by atoms with van der Waals surface area (Å²) in [7, 11) is 1.96. The van der Waals surface area contributed by atoms with Gasteiger partial charge in [-0.25, -0.2) is 0 Å². The molecular weight excluding hydrogens is 220 g/mol. The SMILES string of the molecule is CCC(CSC)N(C)C(=O)[C@@H]1CNC[C@H]1C. The number of carbonyl (C=O) groups excluding carboxylic acids is 1. The molecule has 0 spiro atoms. The average Bonchev–Trinajstić information content (AvgIpc) is 2.70. The van der Waals surface area contributed by atoms with Crippen molar-refractivity contribution >= 4 is 17.7 Å². The molecule has 0 aromatic carbocycles. The van der Waals surface area contributed by atoms with Gasteiger partial charge in [-0.3, -0.25) is 4.79 Å². The highest BCUT2D eigenvalue weighted by atomic mass is 32.2. The fourth-order valence-corrected chi connectivity index (χ4v) is 3.12. The lowest BCUT2D eigenvalue weighted by Gasteiger charge is -2.30. The van der Waals surface area contributed by atoms with Crippen LogP contribution in [0, 0.1) is 11.8 Å². The van der Waals surface area contributed by atoms with Crippen molar-refractivity contribution in [2.75, 3.05) is 32.1 Å². The van der Waals surface area contributed by atoms with E-state index in [0.29, 0.717) is 17.9 Å². The van der Waals surface area contributed by atoms with Crippen molar-refractivity contribution < 1.29 is 4.79 Å². The first-order valence-corrected chi connectivity index (χ1v) is 7.47. The first kappa shape index (κ1) is 13.8. The number of carbonyl (C=O) groups is 1. The van der Waals surface area contributed by atoms with Crippen LogP contribution in [0.15, 0.2) is 0 Å². The summed E-state index contributed by atoms with van der Waals surface area (Å²) in [6, 6.07) is 0.385. The summed E-state index contributed by atoms with van der Waals surface area (Å²) >= 11 is 1.81. The second-order valence-electron chi connectivity index (χ2n) is 4.71. The summed E-state index contributed by atoms with van der Waals surface area (Å²) in [5.74, 6) is 2.01. The van der Waals surface area contributed by atoms with Crippen LogP contribution >= 0.6 is 11.8 Å². The molecule has 1 amide bonds. The van der Waals surface area contributed by atoms with Crippen LogP contribution < -0.4 is 5.32 Å². The zero-order chi connectivity index (χ0) is 12.1. The molecule has 1 rings (SSSR count). The topological polar surface area (TPSA) is 32.3 Å². The third-order valence-corrected chi connectivity index (χ3v) is 4.28. The predicted molar refractivity (Wildman–Crippen MR) is 70.8 cm³/mol. The molecular formula is C12H24N2OS. The van der Waals surface area contributed by atoms with Crippen molar-refractivity contribution in [3.8, 4) is 0 Å². The molecule has 1 unspecified atom stereocenters. The molecule has 0 saturated carbocycles. The number of hydrogen-bond donors (Lipinski definition) is 1. The molecule has 0 bridgehead atoms. The lowest BCUT2D eigenvalue weighted by molar-refractivity contribution is -0.136. The summed E-state index contributed by atoms with van der Waals surface area (Å²) in [6.45, 7) is 6.14. The van der Waals surface area contributed by atoms with Crippen LogP contribution in [0.4, 0.5) is 0 Å². The van der Waals surface area contributed by atoms with Gasteiger partial charge in [0.2, 0.25) is 5.91 Å². The normalized spacial score (nSPS) is 26.8. The van der Waals surface area contributed by atoms with Crippen LogP contribution in [0.25, 0.3) is 0 Å². The Hall–Kier alpha value is -0.220. The quantitative estimate of drug-likeness (QED) is 0.794. The van der Waals surface area contributed by atoms with E-state index in [4.69, 9.17) is 0 Å². The van der Waals surface area contributed by atoms with Crippen molar-refractivity contribution in [3.05, 3.63) is 0 Å². The van der Waals surface area contributed by atoms with Gasteiger partial charge < -0.3 is 10.2 Å². The van der Waals surface area contributed by atoms with Gasteiger partial charge in [0.25, 0.3) is 0 Å². The van der Waals surface area contributed by atoms with Gasteiger partial charge >= 0.3 is 0 Å². The Morgan fingerprint density at radius 1 is 1.56 bits per heavy atom. The van der Waals surface area contributed by atoms with Gasteiger partial charge in [-0.15, -0.1) is 0 Å². The van der Waals surface area contributed by atoms with E-state index in [1.807, 2.05) is 23.7 Å². The molecule has 1 aliphatic heterocycles. The summed E-state index contributed by atoms with van der Waals surface area (Å²) in [5, 5.41) is 3.29. The highest BCUT2D eigenvalue weighted by Crippen LogP contribution is 2.20. The van der Waals surface area contributed by atoms with Crippen molar-refractivity contribution in [2.24, 2.45) is 11.8 Å². The van der Waals surface area contributed by atoms with E-state index < -0.39 is 0 Å². The Kier molecular flexibility index (Phi) is 5.62. The lowest BCUT2D eigenvalue weighted by Crippen LogP contribution is -2.43. The van der Waals surface area contributed by atoms with E-state index in [2.05, 4.69) is 25.4 Å². The largest absolute Gasteiger partial charge is 0.342 e. The molecule has 0 radical (unpaired) electrons. The van der Waals surface area contributed by atoms with Crippen molar-refractivity contribution in [3.63, 3.8) is 0 Å². The van der Waals surface area contributed by atoms with Crippen LogP contribution in [0.5, 0.6) is 0 Å². The fourth-order valence-electron chi connectivity index (χ4n) is 2.28. The second-order valence-corrected chi connectivity index (χ2v) is 5.62. The van der Waals surface area contributed by atoms with E-state index >= 15 is 0 Å². The highest BCUT2D eigenvalue weighted by molar-refractivity contribution is 7.98. The Bertz CT molecular complexity index is 235. The van der Waals surface area contributed by atoms with Gasteiger partial charge in [0.15, 0.2) is 0 Å². The molecule has 94 valence electrons. The van der Waals surface area contributed by atoms with Gasteiger partial charge in [-0.2, -0.15) is 11.8 Å². The number of hydrogen-bond acceptors (Lipinski definition) is 3. The monoisotopic (exact) mass is 244 g/mol. The first-order valence-electron chi connectivity index (χ1n) is 6.08. The molecule has 0 aromatic rings. The average molecular weight is 244 g/mol. The Morgan fingerprint density at radius 2 is 2.25 bits per heavy atom. The van der Waals surface area contributed by atoms with Gasteiger partial charge in [0.1, 0.15) is 0 Å². The molecule has 1 heterocycles. The minimum atomic E-state index is 0.181. The lowest BCUT2D eigenvalue weighted by atomic mass is 9.96. The third-order valence-electron chi connectivity index (χ3n) is 3.56. The van der Waals surface area contributed by atoms with E-state index in [9.17, 15) is 4.79 Å². The number of nitrogens with zero attached hydrogens (tertiary/aromatic N) is 1. The van der Waals surface area contributed by atoms with Gasteiger partial charge in [0, 0.05) is 25.4 Å². The number of thioether (sulfide) groups is 1. The maximum atomic E-state index is 12.3. The number of amides is 1. The standard InChI is InChI=1S/C12H24N2OS/c1-5-10(8-16-4)14(3)12(15)11-7-13-6-9(11)2/h9-11,13H,5-8H2,1-4H3/t9-,10?,11-/m1/s1. The number of rotatable bonds is 5. The molecule has 0 aromatic heterocycles. The highest BCUT2D eigenvalue weighted by Gasteiger charge is 2.33. The van der Waals surface area contributed by atoms with Crippen LogP contribution in [0.2, 0.25) is 0 Å². The molecule has 3 nitrogen and oxygen atoms in total. The molecule has 4 heteroatoms. The predicted octanol–water partition coefficient (Wildman–Crippen LogP) is 1.44. The van der Waals surface area contributed by atoms with E-state index in [1.54, 1.807) is 0 Å². The fraction of sp³-hybridized carbons (Fsp3) is 0.917. The van der Waals surface area contributed by atoms with Crippen LogP contribution in [0.3, 0.4) is 0 Å². The Morgan fingerprint density at radius 3 is 2.69 bits per heavy atom. The van der Waals surface area contributed by atoms with Gasteiger partial charge in [-0.1, -0.05) is 13.8 Å². The molecule has 3 atom stereocenters. The summed E-state index contributed by atoms with van der Waals surface area (Å²) < 4.78 is 0. The molecule has 0 aliphatic carbocycles. The van der Waals surface area contributed by atoms with Crippen molar-refractivity contribution in [2.45, 2.75) is 26.3 Å². The summed E-state index contributed by atoms with van der Waals surface area (Å²) in [4.78, 5) is 14.3. The van der Waals surface area contributed by atoms with Crippen LogP contribution in [0.1, 0.15) is 20.3 Å². The summed E-state index contributed by atoms with van der Waals surface area (Å²) in [6.07, 6.45) is 3.14. The minimum Gasteiger partial charge on any atom is -0.342 e. The van der Waals surface area contributed by atoms with Crippen molar-refractivity contribution in [1.29, 1.82) is 0 Å². The molecule has 1 saturated heterocycles.